The lowest BCUT2D eigenvalue weighted by molar-refractivity contribution is 0.0630. The molecule has 0 aromatic carbocycles. The van der Waals surface area contributed by atoms with Crippen molar-refractivity contribution in [2.75, 3.05) is 6.54 Å². The summed E-state index contributed by atoms with van der Waals surface area (Å²) in [6, 6.07) is 0. The van der Waals surface area contributed by atoms with Crippen LogP contribution in [0.15, 0.2) is 0 Å². The van der Waals surface area contributed by atoms with Crippen molar-refractivity contribution in [2.45, 2.75) is 53.6 Å². The highest BCUT2D eigenvalue weighted by molar-refractivity contribution is 4.77. The van der Waals surface area contributed by atoms with Gasteiger partial charge in [-0.3, -0.25) is 0 Å². The minimum absolute atomic E-state index is 0.237. The second-order valence-electron chi connectivity index (χ2n) is 5.47. The molecule has 0 amide bonds. The molecule has 0 saturated heterocycles. The highest BCUT2D eigenvalue weighted by Crippen LogP contribution is 2.30. The van der Waals surface area contributed by atoms with Gasteiger partial charge in [-0.2, -0.15) is 0 Å². The number of rotatable bonds is 5. The molecule has 0 radical (unpaired) electrons. The SMILES string of the molecule is CCC(CN)C(O)CC(C)C(C)(C)C. The fraction of sp³-hybridized carbons (Fsp3) is 1.00. The molecule has 0 spiro atoms. The van der Waals surface area contributed by atoms with E-state index in [0.29, 0.717) is 12.5 Å². The molecule has 3 N–H and O–H groups in total. The van der Waals surface area contributed by atoms with Crippen molar-refractivity contribution < 1.29 is 5.11 Å². The summed E-state index contributed by atoms with van der Waals surface area (Å²) in [4.78, 5) is 0. The maximum Gasteiger partial charge on any atom is 0.0583 e. The van der Waals surface area contributed by atoms with Crippen LogP contribution in [0.2, 0.25) is 0 Å². The van der Waals surface area contributed by atoms with Gasteiger partial charge in [0.25, 0.3) is 0 Å². The lowest BCUT2D eigenvalue weighted by atomic mass is 9.77. The topological polar surface area (TPSA) is 46.2 Å². The van der Waals surface area contributed by atoms with E-state index in [1.165, 1.54) is 0 Å². The Balaban J connectivity index is 4.10. The number of hydrogen-bond acceptors (Lipinski definition) is 2. The molecule has 0 aliphatic carbocycles. The molecular formula is C12H27NO. The predicted molar refractivity (Wildman–Crippen MR) is 62.1 cm³/mol. The van der Waals surface area contributed by atoms with Gasteiger partial charge in [0, 0.05) is 0 Å². The highest BCUT2D eigenvalue weighted by atomic mass is 16.3. The summed E-state index contributed by atoms with van der Waals surface area (Å²) in [5.74, 6) is 0.790. The Labute approximate surface area is 88.9 Å². The molecule has 0 aromatic heterocycles. The van der Waals surface area contributed by atoms with Crippen molar-refractivity contribution in [1.82, 2.24) is 0 Å². The summed E-state index contributed by atoms with van der Waals surface area (Å²) in [5, 5.41) is 9.96. The molecule has 0 aliphatic rings. The second kappa shape index (κ2) is 5.72. The zero-order chi connectivity index (χ0) is 11.4. The quantitative estimate of drug-likeness (QED) is 0.717. The summed E-state index contributed by atoms with van der Waals surface area (Å²) in [7, 11) is 0. The third kappa shape index (κ3) is 4.43. The van der Waals surface area contributed by atoms with Crippen molar-refractivity contribution in [3.8, 4) is 0 Å². The molecule has 2 heteroatoms. The summed E-state index contributed by atoms with van der Waals surface area (Å²) in [6.07, 6.45) is 1.59. The van der Waals surface area contributed by atoms with E-state index in [1.54, 1.807) is 0 Å². The maximum atomic E-state index is 9.96. The zero-order valence-electron chi connectivity index (χ0n) is 10.4. The molecule has 3 atom stereocenters. The van der Waals surface area contributed by atoms with Gasteiger partial charge in [-0.05, 0) is 36.6 Å². The monoisotopic (exact) mass is 201 g/mol. The van der Waals surface area contributed by atoms with Gasteiger partial charge in [-0.1, -0.05) is 34.6 Å². The van der Waals surface area contributed by atoms with Gasteiger partial charge in [0.15, 0.2) is 0 Å². The Kier molecular flexibility index (Phi) is 5.68. The summed E-state index contributed by atoms with van der Waals surface area (Å²) in [5.41, 5.74) is 5.88. The van der Waals surface area contributed by atoms with Gasteiger partial charge in [-0.25, -0.2) is 0 Å². The van der Waals surface area contributed by atoms with Gasteiger partial charge in [0.05, 0.1) is 6.10 Å². The van der Waals surface area contributed by atoms with Gasteiger partial charge < -0.3 is 10.8 Å². The van der Waals surface area contributed by atoms with Crippen LogP contribution < -0.4 is 5.73 Å². The summed E-state index contributed by atoms with van der Waals surface area (Å²) < 4.78 is 0. The van der Waals surface area contributed by atoms with Crippen molar-refractivity contribution in [1.29, 1.82) is 0 Å². The van der Waals surface area contributed by atoms with Crippen molar-refractivity contribution in [3.05, 3.63) is 0 Å². The van der Waals surface area contributed by atoms with Crippen LogP contribution in [0.25, 0.3) is 0 Å². The van der Waals surface area contributed by atoms with Crippen LogP contribution in [0.4, 0.5) is 0 Å². The molecule has 0 saturated carbocycles. The largest absolute Gasteiger partial charge is 0.393 e. The fourth-order valence-corrected chi connectivity index (χ4v) is 1.50. The van der Waals surface area contributed by atoms with Gasteiger partial charge in [-0.15, -0.1) is 0 Å². The van der Waals surface area contributed by atoms with Gasteiger partial charge >= 0.3 is 0 Å². The third-order valence-electron chi connectivity index (χ3n) is 3.44. The summed E-state index contributed by atoms with van der Waals surface area (Å²) in [6.45, 7) is 11.5. The highest BCUT2D eigenvalue weighted by Gasteiger charge is 2.25. The smallest absolute Gasteiger partial charge is 0.0583 e. The predicted octanol–water partition coefficient (Wildman–Crippen LogP) is 2.40. The molecule has 0 aliphatic heterocycles. The molecule has 0 heterocycles. The summed E-state index contributed by atoms with van der Waals surface area (Å²) >= 11 is 0. The number of hydrogen-bond donors (Lipinski definition) is 2. The van der Waals surface area contributed by atoms with E-state index in [0.717, 1.165) is 12.8 Å². The molecule has 0 aromatic rings. The van der Waals surface area contributed by atoms with E-state index in [4.69, 9.17) is 5.73 Å². The van der Waals surface area contributed by atoms with Crippen molar-refractivity contribution in [3.63, 3.8) is 0 Å². The van der Waals surface area contributed by atoms with E-state index in [-0.39, 0.29) is 17.4 Å². The first-order valence-electron chi connectivity index (χ1n) is 5.71. The molecule has 3 unspecified atom stereocenters. The maximum absolute atomic E-state index is 9.96. The van der Waals surface area contributed by atoms with Gasteiger partial charge in [0.1, 0.15) is 0 Å². The van der Waals surface area contributed by atoms with Crippen LogP contribution in [-0.4, -0.2) is 17.8 Å². The van der Waals surface area contributed by atoms with Crippen LogP contribution in [0.5, 0.6) is 0 Å². The Bertz CT molecular complexity index is 147. The Morgan fingerprint density at radius 3 is 2.07 bits per heavy atom. The zero-order valence-corrected chi connectivity index (χ0v) is 10.4. The molecule has 2 nitrogen and oxygen atoms in total. The minimum Gasteiger partial charge on any atom is -0.393 e. The van der Waals surface area contributed by atoms with Crippen LogP contribution >= 0.6 is 0 Å². The van der Waals surface area contributed by atoms with Crippen LogP contribution in [-0.2, 0) is 0 Å². The molecule has 14 heavy (non-hydrogen) atoms. The van der Waals surface area contributed by atoms with E-state index >= 15 is 0 Å². The normalized spacial score (nSPS) is 19.1. The average Bonchev–Trinajstić information content (AvgIpc) is 2.04. The molecule has 0 bridgehead atoms. The number of nitrogens with two attached hydrogens (primary N) is 1. The Morgan fingerprint density at radius 2 is 1.79 bits per heavy atom. The average molecular weight is 201 g/mol. The van der Waals surface area contributed by atoms with Crippen molar-refractivity contribution in [2.24, 2.45) is 23.0 Å². The van der Waals surface area contributed by atoms with Crippen LogP contribution in [0.3, 0.4) is 0 Å². The van der Waals surface area contributed by atoms with E-state index in [2.05, 4.69) is 34.6 Å². The number of aliphatic hydroxyl groups is 1. The van der Waals surface area contributed by atoms with Crippen molar-refractivity contribution >= 4 is 0 Å². The standard InChI is InChI=1S/C12H27NO/c1-6-10(8-13)11(14)7-9(2)12(3,4)5/h9-11,14H,6-8,13H2,1-5H3. The van der Waals surface area contributed by atoms with Crippen LogP contribution in [0.1, 0.15) is 47.5 Å². The molecule has 0 fully saturated rings. The van der Waals surface area contributed by atoms with E-state index in [1.807, 2.05) is 0 Å². The van der Waals surface area contributed by atoms with Gasteiger partial charge in [0.2, 0.25) is 0 Å². The molecule has 0 rings (SSSR count). The number of aliphatic hydroxyl groups excluding tert-OH is 1. The van der Waals surface area contributed by atoms with E-state index in [9.17, 15) is 5.11 Å². The second-order valence-corrected chi connectivity index (χ2v) is 5.47. The molecular weight excluding hydrogens is 174 g/mol. The third-order valence-corrected chi connectivity index (χ3v) is 3.44. The first-order valence-corrected chi connectivity index (χ1v) is 5.71. The lowest BCUT2D eigenvalue weighted by Gasteiger charge is -2.31. The van der Waals surface area contributed by atoms with E-state index < -0.39 is 0 Å². The lowest BCUT2D eigenvalue weighted by Crippen LogP contribution is -2.31. The Hall–Kier alpha value is -0.0800. The first-order chi connectivity index (χ1) is 6.32. The Morgan fingerprint density at radius 1 is 1.29 bits per heavy atom. The van der Waals surface area contributed by atoms with Crippen LogP contribution in [0, 0.1) is 17.3 Å². The first kappa shape index (κ1) is 13.9. The molecule has 86 valence electrons. The minimum atomic E-state index is -0.237. The fourth-order valence-electron chi connectivity index (χ4n) is 1.50.